The van der Waals surface area contributed by atoms with Gasteiger partial charge in [-0.3, -0.25) is 4.79 Å². The van der Waals surface area contributed by atoms with Crippen LogP contribution in [0.3, 0.4) is 0 Å². The summed E-state index contributed by atoms with van der Waals surface area (Å²) in [4.78, 5) is 14.4. The number of alkyl halides is 3. The van der Waals surface area contributed by atoms with Crippen LogP contribution in [0.1, 0.15) is 36.8 Å². The monoisotopic (exact) mass is 342 g/mol. The minimum atomic E-state index is -4.30. The molecule has 0 heterocycles. The Balaban J connectivity index is 2.02. The van der Waals surface area contributed by atoms with Crippen molar-refractivity contribution in [1.82, 2.24) is 10.2 Å². The summed E-state index contributed by atoms with van der Waals surface area (Å²) in [5.74, 6) is -2.94. The molecule has 134 valence electrons. The number of nitrogens with one attached hydrogen (secondary N) is 1. The van der Waals surface area contributed by atoms with Crippen molar-refractivity contribution in [2.45, 2.75) is 44.9 Å². The molecule has 6 heteroatoms. The zero-order chi connectivity index (χ0) is 17.7. The van der Waals surface area contributed by atoms with E-state index < -0.39 is 23.9 Å². The smallest absolute Gasteiger partial charge is 0.352 e. The lowest BCUT2D eigenvalue weighted by Gasteiger charge is -2.32. The number of nitrogens with zero attached hydrogens (tertiary/aromatic N) is 1. The predicted molar refractivity (Wildman–Crippen MR) is 87.2 cm³/mol. The number of carbonyl (C=O) groups is 1. The summed E-state index contributed by atoms with van der Waals surface area (Å²) in [5.41, 5.74) is 2.01. The standard InChI is InChI=1S/C18H25F3N2O/c1-23(2)12-14-8-4-3-7-13(14)11-22-17(24)15-9-5-6-10-16(15)18(19,20)21/h3-4,7-8,15-16H,5-6,9-12H2,1-2H3,(H,22,24). The minimum absolute atomic E-state index is 0.0544. The number of benzene rings is 1. The summed E-state index contributed by atoms with van der Waals surface area (Å²) in [6.45, 7) is 0.991. The van der Waals surface area contributed by atoms with E-state index in [4.69, 9.17) is 0 Å². The number of hydrogen-bond acceptors (Lipinski definition) is 2. The van der Waals surface area contributed by atoms with Crippen LogP contribution in [0.25, 0.3) is 0 Å². The highest BCUT2D eigenvalue weighted by Crippen LogP contribution is 2.41. The Morgan fingerprint density at radius 1 is 1.17 bits per heavy atom. The number of halogens is 3. The van der Waals surface area contributed by atoms with Gasteiger partial charge in [-0.2, -0.15) is 13.2 Å². The number of carbonyl (C=O) groups excluding carboxylic acids is 1. The molecular formula is C18H25F3N2O. The van der Waals surface area contributed by atoms with Crippen LogP contribution < -0.4 is 5.32 Å². The largest absolute Gasteiger partial charge is 0.392 e. The van der Waals surface area contributed by atoms with Gasteiger partial charge in [0.25, 0.3) is 0 Å². The minimum Gasteiger partial charge on any atom is -0.352 e. The third-order valence-electron chi connectivity index (χ3n) is 4.58. The van der Waals surface area contributed by atoms with Crippen molar-refractivity contribution in [3.05, 3.63) is 35.4 Å². The quantitative estimate of drug-likeness (QED) is 0.884. The summed E-state index contributed by atoms with van der Waals surface area (Å²) >= 11 is 0. The Labute approximate surface area is 141 Å². The lowest BCUT2D eigenvalue weighted by molar-refractivity contribution is -0.198. The van der Waals surface area contributed by atoms with Crippen molar-refractivity contribution in [2.24, 2.45) is 11.8 Å². The van der Waals surface area contributed by atoms with Gasteiger partial charge in [0, 0.05) is 19.0 Å². The molecule has 1 amide bonds. The average Bonchev–Trinajstić information content (AvgIpc) is 2.52. The fourth-order valence-corrected chi connectivity index (χ4v) is 3.37. The van der Waals surface area contributed by atoms with Crippen molar-refractivity contribution < 1.29 is 18.0 Å². The van der Waals surface area contributed by atoms with E-state index in [-0.39, 0.29) is 13.0 Å². The van der Waals surface area contributed by atoms with Crippen LogP contribution >= 0.6 is 0 Å². The van der Waals surface area contributed by atoms with Crippen molar-refractivity contribution in [2.75, 3.05) is 14.1 Å². The maximum absolute atomic E-state index is 13.1. The van der Waals surface area contributed by atoms with Gasteiger partial charge in [0.2, 0.25) is 5.91 Å². The van der Waals surface area contributed by atoms with E-state index in [1.54, 1.807) is 0 Å². The summed E-state index contributed by atoms with van der Waals surface area (Å²) in [5, 5.41) is 2.73. The van der Waals surface area contributed by atoms with Crippen LogP contribution in [-0.2, 0) is 17.9 Å². The first-order valence-electron chi connectivity index (χ1n) is 8.35. The van der Waals surface area contributed by atoms with E-state index in [0.717, 1.165) is 17.7 Å². The molecule has 2 rings (SSSR count). The number of hydrogen-bond donors (Lipinski definition) is 1. The van der Waals surface area contributed by atoms with E-state index >= 15 is 0 Å². The second-order valence-corrected chi connectivity index (χ2v) is 6.76. The topological polar surface area (TPSA) is 32.3 Å². The van der Waals surface area contributed by atoms with E-state index in [0.29, 0.717) is 19.3 Å². The van der Waals surface area contributed by atoms with Gasteiger partial charge in [0.05, 0.1) is 5.92 Å². The molecular weight excluding hydrogens is 317 g/mol. The van der Waals surface area contributed by atoms with Crippen molar-refractivity contribution >= 4 is 5.91 Å². The molecule has 24 heavy (non-hydrogen) atoms. The Kier molecular flexibility index (Phi) is 6.27. The van der Waals surface area contributed by atoms with Crippen LogP contribution in [0.2, 0.25) is 0 Å². The molecule has 1 saturated carbocycles. The highest BCUT2D eigenvalue weighted by Gasteiger charge is 2.47. The molecule has 1 aromatic carbocycles. The van der Waals surface area contributed by atoms with Crippen LogP contribution in [0.4, 0.5) is 13.2 Å². The van der Waals surface area contributed by atoms with Gasteiger partial charge in [-0.15, -0.1) is 0 Å². The van der Waals surface area contributed by atoms with E-state index in [9.17, 15) is 18.0 Å². The zero-order valence-corrected chi connectivity index (χ0v) is 14.2. The second-order valence-electron chi connectivity index (χ2n) is 6.76. The van der Waals surface area contributed by atoms with Crippen molar-refractivity contribution in [3.63, 3.8) is 0 Å². The lowest BCUT2D eigenvalue weighted by atomic mass is 9.78. The molecule has 0 saturated heterocycles. The molecule has 0 aliphatic heterocycles. The Hall–Kier alpha value is -1.56. The first-order valence-corrected chi connectivity index (χ1v) is 8.35. The Bertz CT molecular complexity index is 557. The molecule has 1 aliphatic carbocycles. The molecule has 0 spiro atoms. The molecule has 2 atom stereocenters. The first-order chi connectivity index (χ1) is 11.3. The average molecular weight is 342 g/mol. The van der Waals surface area contributed by atoms with Gasteiger partial charge in [-0.05, 0) is 38.1 Å². The van der Waals surface area contributed by atoms with E-state index in [1.807, 2.05) is 43.3 Å². The molecule has 3 nitrogen and oxygen atoms in total. The Morgan fingerprint density at radius 2 is 1.79 bits per heavy atom. The highest BCUT2D eigenvalue weighted by molar-refractivity contribution is 5.79. The number of rotatable bonds is 5. The zero-order valence-electron chi connectivity index (χ0n) is 14.2. The molecule has 1 N–H and O–H groups in total. The van der Waals surface area contributed by atoms with Gasteiger partial charge < -0.3 is 10.2 Å². The highest BCUT2D eigenvalue weighted by atomic mass is 19.4. The fourth-order valence-electron chi connectivity index (χ4n) is 3.37. The summed E-state index contributed by atoms with van der Waals surface area (Å²) in [6, 6.07) is 7.67. The maximum Gasteiger partial charge on any atom is 0.392 e. The SMILES string of the molecule is CN(C)Cc1ccccc1CNC(=O)C1CCCCC1C(F)(F)F. The van der Waals surface area contributed by atoms with Crippen molar-refractivity contribution in [1.29, 1.82) is 0 Å². The van der Waals surface area contributed by atoms with Gasteiger partial charge >= 0.3 is 6.18 Å². The third kappa shape index (κ3) is 4.97. The third-order valence-corrected chi connectivity index (χ3v) is 4.58. The number of amides is 1. The summed E-state index contributed by atoms with van der Waals surface area (Å²) in [6.07, 6.45) is -2.71. The van der Waals surface area contributed by atoms with Crippen LogP contribution in [0, 0.1) is 11.8 Å². The lowest BCUT2D eigenvalue weighted by Crippen LogP contribution is -2.42. The molecule has 0 radical (unpaired) electrons. The van der Waals surface area contributed by atoms with Gasteiger partial charge in [0.1, 0.15) is 0 Å². The molecule has 0 bridgehead atoms. The van der Waals surface area contributed by atoms with E-state index in [2.05, 4.69) is 5.32 Å². The fraction of sp³-hybridized carbons (Fsp3) is 0.611. The molecule has 1 aliphatic rings. The normalized spacial score (nSPS) is 21.8. The maximum atomic E-state index is 13.1. The summed E-state index contributed by atoms with van der Waals surface area (Å²) in [7, 11) is 3.90. The van der Waals surface area contributed by atoms with Crippen molar-refractivity contribution in [3.8, 4) is 0 Å². The van der Waals surface area contributed by atoms with Crippen LogP contribution in [0.5, 0.6) is 0 Å². The van der Waals surface area contributed by atoms with Crippen LogP contribution in [0.15, 0.2) is 24.3 Å². The van der Waals surface area contributed by atoms with Crippen LogP contribution in [-0.4, -0.2) is 31.1 Å². The molecule has 2 unspecified atom stereocenters. The Morgan fingerprint density at radius 3 is 2.42 bits per heavy atom. The molecule has 0 aromatic heterocycles. The van der Waals surface area contributed by atoms with Gasteiger partial charge in [0.15, 0.2) is 0 Å². The van der Waals surface area contributed by atoms with Gasteiger partial charge in [-0.25, -0.2) is 0 Å². The molecule has 1 fully saturated rings. The van der Waals surface area contributed by atoms with Gasteiger partial charge in [-0.1, -0.05) is 37.1 Å². The molecule has 1 aromatic rings. The first kappa shape index (κ1) is 18.8. The van der Waals surface area contributed by atoms with E-state index in [1.165, 1.54) is 0 Å². The summed E-state index contributed by atoms with van der Waals surface area (Å²) < 4.78 is 39.4. The predicted octanol–water partition coefficient (Wildman–Crippen LogP) is 3.73. The second kappa shape index (κ2) is 8.01.